The third-order valence-electron chi connectivity index (χ3n) is 4.16. The van der Waals surface area contributed by atoms with Crippen molar-refractivity contribution in [3.8, 4) is 0 Å². The third kappa shape index (κ3) is 3.62. The Morgan fingerprint density at radius 3 is 2.46 bits per heavy atom. The summed E-state index contributed by atoms with van der Waals surface area (Å²) in [6, 6.07) is 13.0. The van der Waals surface area contributed by atoms with Crippen LogP contribution in [0.5, 0.6) is 0 Å². The Hall–Kier alpha value is -2.69. The summed E-state index contributed by atoms with van der Waals surface area (Å²) < 4.78 is 13.6. The average Bonchev–Trinajstić information content (AvgIpc) is 3.15. The maximum atomic E-state index is 13.6. The highest BCUT2D eigenvalue weighted by Crippen LogP contribution is 2.14. The quantitative estimate of drug-likeness (QED) is 0.939. The molecule has 0 atom stereocenters. The van der Waals surface area contributed by atoms with Crippen molar-refractivity contribution in [2.45, 2.75) is 19.4 Å². The molecule has 24 heavy (non-hydrogen) atoms. The number of carbonyl (C=O) groups excluding carboxylic acids is 2. The summed E-state index contributed by atoms with van der Waals surface area (Å²) >= 11 is 0. The van der Waals surface area contributed by atoms with Gasteiger partial charge >= 0.3 is 0 Å². The van der Waals surface area contributed by atoms with E-state index < -0.39 is 0 Å². The topological polar surface area (TPSA) is 49.4 Å². The van der Waals surface area contributed by atoms with E-state index in [-0.39, 0.29) is 24.2 Å². The highest BCUT2D eigenvalue weighted by Gasteiger charge is 2.20. The number of nitrogens with one attached hydrogen (secondary N) is 1. The number of benzene rings is 2. The zero-order chi connectivity index (χ0) is 16.9. The molecule has 124 valence electrons. The second kappa shape index (κ2) is 7.25. The Bertz CT molecular complexity index is 755. The molecule has 2 aromatic rings. The summed E-state index contributed by atoms with van der Waals surface area (Å²) in [4.78, 5) is 26.5. The summed E-state index contributed by atoms with van der Waals surface area (Å²) in [6.45, 7) is 1.64. The molecular formula is C19H19FN2O2. The molecule has 1 heterocycles. The molecule has 0 radical (unpaired) electrons. The van der Waals surface area contributed by atoms with E-state index in [0.717, 1.165) is 25.9 Å². The van der Waals surface area contributed by atoms with Gasteiger partial charge in [0.1, 0.15) is 5.82 Å². The molecule has 0 aliphatic carbocycles. The first-order valence-electron chi connectivity index (χ1n) is 8.06. The van der Waals surface area contributed by atoms with Crippen molar-refractivity contribution in [2.24, 2.45) is 0 Å². The summed E-state index contributed by atoms with van der Waals surface area (Å²) in [5.41, 5.74) is 1.34. The number of amides is 2. The summed E-state index contributed by atoms with van der Waals surface area (Å²) in [6.07, 6.45) is 2.04. The zero-order valence-electron chi connectivity index (χ0n) is 13.3. The van der Waals surface area contributed by atoms with E-state index in [0.29, 0.717) is 16.7 Å². The fourth-order valence-corrected chi connectivity index (χ4v) is 2.82. The van der Waals surface area contributed by atoms with Gasteiger partial charge in [-0.3, -0.25) is 9.59 Å². The second-order valence-corrected chi connectivity index (χ2v) is 5.85. The molecule has 0 unspecified atom stereocenters. The van der Waals surface area contributed by atoms with Gasteiger partial charge in [0.15, 0.2) is 0 Å². The molecule has 0 saturated carbocycles. The lowest BCUT2D eigenvalue weighted by Gasteiger charge is -2.15. The SMILES string of the molecule is O=C(NCc1ccccc1F)c1cccc(C(=O)N2CCCC2)c1. The van der Waals surface area contributed by atoms with E-state index in [4.69, 9.17) is 0 Å². The van der Waals surface area contributed by atoms with Gasteiger partial charge in [0, 0.05) is 36.3 Å². The van der Waals surface area contributed by atoms with Crippen molar-refractivity contribution < 1.29 is 14.0 Å². The Kier molecular flexibility index (Phi) is 4.89. The van der Waals surface area contributed by atoms with E-state index in [1.807, 2.05) is 0 Å². The fourth-order valence-electron chi connectivity index (χ4n) is 2.82. The first kappa shape index (κ1) is 16.2. The molecule has 1 fully saturated rings. The molecule has 4 nitrogen and oxygen atoms in total. The maximum absolute atomic E-state index is 13.6. The van der Waals surface area contributed by atoms with Gasteiger partial charge in [-0.15, -0.1) is 0 Å². The summed E-state index contributed by atoms with van der Waals surface area (Å²) in [5.74, 6) is -0.721. The minimum absolute atomic E-state index is 0.0451. The van der Waals surface area contributed by atoms with Crippen LogP contribution in [0.15, 0.2) is 48.5 Å². The van der Waals surface area contributed by atoms with Crippen LogP contribution in [0, 0.1) is 5.82 Å². The molecule has 2 aromatic carbocycles. The number of carbonyl (C=O) groups is 2. The van der Waals surface area contributed by atoms with Crippen molar-refractivity contribution in [3.05, 3.63) is 71.0 Å². The Labute approximate surface area is 140 Å². The third-order valence-corrected chi connectivity index (χ3v) is 4.16. The minimum Gasteiger partial charge on any atom is -0.348 e. The number of halogens is 1. The van der Waals surface area contributed by atoms with Crippen LogP contribution in [0.3, 0.4) is 0 Å². The van der Waals surface area contributed by atoms with Crippen molar-refractivity contribution >= 4 is 11.8 Å². The van der Waals surface area contributed by atoms with Gasteiger partial charge in [-0.05, 0) is 37.1 Å². The summed E-state index contributed by atoms with van der Waals surface area (Å²) in [7, 11) is 0. The van der Waals surface area contributed by atoms with Gasteiger partial charge in [0.25, 0.3) is 11.8 Å². The first-order valence-corrected chi connectivity index (χ1v) is 8.06. The van der Waals surface area contributed by atoms with Gasteiger partial charge < -0.3 is 10.2 Å². The Morgan fingerprint density at radius 2 is 1.71 bits per heavy atom. The van der Waals surface area contributed by atoms with Gasteiger partial charge in [-0.25, -0.2) is 4.39 Å². The van der Waals surface area contributed by atoms with Gasteiger partial charge in [0.2, 0.25) is 0 Å². The molecular weight excluding hydrogens is 307 g/mol. The van der Waals surface area contributed by atoms with Crippen LogP contribution in [0.25, 0.3) is 0 Å². The molecule has 5 heteroatoms. The van der Waals surface area contributed by atoms with E-state index >= 15 is 0 Å². The van der Waals surface area contributed by atoms with Crippen molar-refractivity contribution in [1.29, 1.82) is 0 Å². The highest BCUT2D eigenvalue weighted by atomic mass is 19.1. The van der Waals surface area contributed by atoms with Crippen LogP contribution in [0.2, 0.25) is 0 Å². The zero-order valence-corrected chi connectivity index (χ0v) is 13.3. The van der Waals surface area contributed by atoms with E-state index in [2.05, 4.69) is 5.32 Å². The predicted molar refractivity (Wildman–Crippen MR) is 89.1 cm³/mol. The molecule has 3 rings (SSSR count). The number of hydrogen-bond acceptors (Lipinski definition) is 2. The number of nitrogens with zero attached hydrogens (tertiary/aromatic N) is 1. The molecule has 1 N–H and O–H groups in total. The largest absolute Gasteiger partial charge is 0.348 e. The second-order valence-electron chi connectivity index (χ2n) is 5.85. The Balaban J connectivity index is 1.68. The van der Waals surface area contributed by atoms with Crippen LogP contribution >= 0.6 is 0 Å². The molecule has 2 amide bonds. The lowest BCUT2D eigenvalue weighted by atomic mass is 10.1. The average molecular weight is 326 g/mol. The van der Waals surface area contributed by atoms with Gasteiger partial charge in [-0.1, -0.05) is 24.3 Å². The van der Waals surface area contributed by atoms with Crippen LogP contribution in [0.4, 0.5) is 4.39 Å². The van der Waals surface area contributed by atoms with E-state index in [1.54, 1.807) is 47.4 Å². The highest BCUT2D eigenvalue weighted by molar-refractivity contribution is 5.99. The summed E-state index contributed by atoms with van der Waals surface area (Å²) in [5, 5.41) is 2.69. The first-order chi connectivity index (χ1) is 11.6. The minimum atomic E-state index is -0.351. The van der Waals surface area contributed by atoms with Crippen LogP contribution < -0.4 is 5.32 Å². The Morgan fingerprint density at radius 1 is 1.00 bits per heavy atom. The molecule has 1 aliphatic rings. The number of hydrogen-bond donors (Lipinski definition) is 1. The number of likely N-dealkylation sites (tertiary alicyclic amines) is 1. The fraction of sp³-hybridized carbons (Fsp3) is 0.263. The van der Waals surface area contributed by atoms with E-state index in [9.17, 15) is 14.0 Å². The van der Waals surface area contributed by atoms with Gasteiger partial charge in [-0.2, -0.15) is 0 Å². The smallest absolute Gasteiger partial charge is 0.253 e. The molecule has 0 bridgehead atoms. The predicted octanol–water partition coefficient (Wildman–Crippen LogP) is 2.99. The van der Waals surface area contributed by atoms with Crippen LogP contribution in [0.1, 0.15) is 39.1 Å². The van der Waals surface area contributed by atoms with Crippen LogP contribution in [-0.2, 0) is 6.54 Å². The molecule has 0 aromatic heterocycles. The standard InChI is InChI=1S/C19H19FN2O2/c20-17-9-2-1-6-16(17)13-21-18(23)14-7-5-8-15(12-14)19(24)22-10-3-4-11-22/h1-2,5-9,12H,3-4,10-11,13H2,(H,21,23). The van der Waals surface area contributed by atoms with Crippen LogP contribution in [-0.4, -0.2) is 29.8 Å². The molecule has 1 saturated heterocycles. The monoisotopic (exact) mass is 326 g/mol. The molecule has 1 aliphatic heterocycles. The van der Waals surface area contributed by atoms with Crippen molar-refractivity contribution in [1.82, 2.24) is 10.2 Å². The lowest BCUT2D eigenvalue weighted by Crippen LogP contribution is -2.28. The maximum Gasteiger partial charge on any atom is 0.253 e. The lowest BCUT2D eigenvalue weighted by molar-refractivity contribution is 0.0793. The normalized spacial score (nSPS) is 13.8. The van der Waals surface area contributed by atoms with E-state index in [1.165, 1.54) is 6.07 Å². The molecule has 0 spiro atoms. The number of rotatable bonds is 4. The van der Waals surface area contributed by atoms with Crippen molar-refractivity contribution in [3.63, 3.8) is 0 Å². The van der Waals surface area contributed by atoms with Crippen molar-refractivity contribution in [2.75, 3.05) is 13.1 Å². The van der Waals surface area contributed by atoms with Gasteiger partial charge in [0.05, 0.1) is 0 Å².